The van der Waals surface area contributed by atoms with Crippen molar-refractivity contribution in [1.82, 2.24) is 0 Å². The van der Waals surface area contributed by atoms with E-state index in [4.69, 9.17) is 14.2 Å². The summed E-state index contributed by atoms with van der Waals surface area (Å²) in [5, 5.41) is 0. The molecule has 0 aromatic heterocycles. The van der Waals surface area contributed by atoms with Crippen LogP contribution in [0, 0.1) is 11.8 Å². The van der Waals surface area contributed by atoms with Gasteiger partial charge in [-0.1, -0.05) is 324 Å². The zero-order chi connectivity index (χ0) is 51.1. The largest absolute Gasteiger partial charge is 0.462 e. The number of hydrogen-bond donors (Lipinski definition) is 0. The number of rotatable bonds is 58. The summed E-state index contributed by atoms with van der Waals surface area (Å²) < 4.78 is 17.0. The van der Waals surface area contributed by atoms with Crippen molar-refractivity contribution in [1.29, 1.82) is 0 Å². The molecule has 0 unspecified atom stereocenters. The van der Waals surface area contributed by atoms with Gasteiger partial charge in [0.1, 0.15) is 13.2 Å². The zero-order valence-corrected chi connectivity index (χ0v) is 48.2. The Balaban J connectivity index is 4.26. The average molecular weight is 990 g/mol. The lowest BCUT2D eigenvalue weighted by Crippen LogP contribution is -2.30. The summed E-state index contributed by atoms with van der Waals surface area (Å²) in [6.07, 6.45) is 62.5. The zero-order valence-electron chi connectivity index (χ0n) is 48.2. The van der Waals surface area contributed by atoms with Crippen LogP contribution in [0.3, 0.4) is 0 Å². The standard InChI is InChI=1S/C64H124O6/c1-6-7-8-9-10-11-12-13-14-15-16-17-21-24-29-34-39-44-49-54-62(65)68-57-61(70-64(67)56-51-46-41-36-31-26-28-33-38-43-48-53-60(4)5)58-69-63(66)55-50-45-40-35-30-25-22-19-18-20-23-27-32-37-42-47-52-59(2)3/h59-61H,6-58H2,1-5H3/t61-/m1/s1. The van der Waals surface area contributed by atoms with Crippen molar-refractivity contribution in [3.8, 4) is 0 Å². The highest BCUT2D eigenvalue weighted by atomic mass is 16.6. The van der Waals surface area contributed by atoms with Crippen LogP contribution in [-0.4, -0.2) is 37.2 Å². The van der Waals surface area contributed by atoms with Gasteiger partial charge in [0.25, 0.3) is 0 Å². The Kier molecular flexibility index (Phi) is 55.4. The molecule has 0 spiro atoms. The molecule has 0 amide bonds. The molecular weight excluding hydrogens is 865 g/mol. The molecule has 6 nitrogen and oxygen atoms in total. The van der Waals surface area contributed by atoms with Gasteiger partial charge in [-0.2, -0.15) is 0 Å². The Bertz CT molecular complexity index is 1070. The fourth-order valence-corrected chi connectivity index (χ4v) is 9.93. The monoisotopic (exact) mass is 989 g/mol. The molecule has 0 radical (unpaired) electrons. The Labute approximate surface area is 438 Å². The highest BCUT2D eigenvalue weighted by Gasteiger charge is 2.19. The molecule has 0 fully saturated rings. The average Bonchev–Trinajstić information content (AvgIpc) is 3.33. The van der Waals surface area contributed by atoms with Crippen molar-refractivity contribution in [2.45, 2.75) is 368 Å². The Hall–Kier alpha value is -1.59. The summed E-state index contributed by atoms with van der Waals surface area (Å²) in [6.45, 7) is 11.4. The molecule has 416 valence electrons. The molecule has 0 aliphatic rings. The topological polar surface area (TPSA) is 78.9 Å². The quantitative estimate of drug-likeness (QED) is 0.0343. The maximum atomic E-state index is 12.9. The van der Waals surface area contributed by atoms with Crippen LogP contribution in [0.15, 0.2) is 0 Å². The summed E-state index contributed by atoms with van der Waals surface area (Å²) in [5.74, 6) is 0.845. The first-order valence-corrected chi connectivity index (χ1v) is 31.7. The SMILES string of the molecule is CCCCCCCCCCCCCCCCCCCCCC(=O)OC[C@H](COC(=O)CCCCCCCCCCCCCCCCCCC(C)C)OC(=O)CCCCCCCCCCCCCC(C)C. The van der Waals surface area contributed by atoms with Crippen LogP contribution in [0.5, 0.6) is 0 Å². The molecule has 0 saturated heterocycles. The number of hydrogen-bond acceptors (Lipinski definition) is 6. The summed E-state index contributed by atoms with van der Waals surface area (Å²) in [4.78, 5) is 38.3. The van der Waals surface area contributed by atoms with Gasteiger partial charge >= 0.3 is 17.9 Å². The fourth-order valence-electron chi connectivity index (χ4n) is 9.93. The van der Waals surface area contributed by atoms with Gasteiger partial charge in [0.2, 0.25) is 0 Å². The molecule has 0 rings (SSSR count). The van der Waals surface area contributed by atoms with Gasteiger partial charge in [-0.15, -0.1) is 0 Å². The number of carbonyl (C=O) groups is 3. The van der Waals surface area contributed by atoms with E-state index in [1.54, 1.807) is 0 Å². The smallest absolute Gasteiger partial charge is 0.306 e. The minimum atomic E-state index is -0.764. The second kappa shape index (κ2) is 56.7. The first-order chi connectivity index (χ1) is 34.2. The van der Waals surface area contributed by atoms with Crippen molar-refractivity contribution in [2.24, 2.45) is 11.8 Å². The van der Waals surface area contributed by atoms with E-state index in [9.17, 15) is 14.4 Å². The van der Waals surface area contributed by atoms with Crippen molar-refractivity contribution in [3.05, 3.63) is 0 Å². The molecule has 70 heavy (non-hydrogen) atoms. The number of esters is 3. The lowest BCUT2D eigenvalue weighted by Gasteiger charge is -2.18. The van der Waals surface area contributed by atoms with Crippen molar-refractivity contribution >= 4 is 17.9 Å². The van der Waals surface area contributed by atoms with E-state index >= 15 is 0 Å². The molecule has 0 aromatic carbocycles. The van der Waals surface area contributed by atoms with E-state index in [1.807, 2.05) is 0 Å². The summed E-state index contributed by atoms with van der Waals surface area (Å²) in [7, 11) is 0. The molecule has 0 N–H and O–H groups in total. The van der Waals surface area contributed by atoms with E-state index in [0.29, 0.717) is 19.3 Å². The third-order valence-electron chi connectivity index (χ3n) is 14.7. The Morgan fingerprint density at radius 3 is 0.700 bits per heavy atom. The van der Waals surface area contributed by atoms with Crippen LogP contribution in [0.1, 0.15) is 362 Å². The molecule has 6 heteroatoms. The first kappa shape index (κ1) is 68.4. The summed E-state index contributed by atoms with van der Waals surface area (Å²) in [6, 6.07) is 0. The van der Waals surface area contributed by atoms with Crippen LogP contribution < -0.4 is 0 Å². The molecule has 0 aliphatic heterocycles. The number of unbranched alkanes of at least 4 members (excludes halogenated alkanes) is 43. The van der Waals surface area contributed by atoms with Gasteiger partial charge in [-0.25, -0.2) is 0 Å². The van der Waals surface area contributed by atoms with Gasteiger partial charge in [-0.3, -0.25) is 14.4 Å². The lowest BCUT2D eigenvalue weighted by molar-refractivity contribution is -0.167. The molecule has 0 aliphatic carbocycles. The Morgan fingerprint density at radius 1 is 0.271 bits per heavy atom. The highest BCUT2D eigenvalue weighted by Crippen LogP contribution is 2.19. The van der Waals surface area contributed by atoms with Crippen molar-refractivity contribution < 1.29 is 28.6 Å². The van der Waals surface area contributed by atoms with Gasteiger partial charge in [-0.05, 0) is 31.1 Å². The van der Waals surface area contributed by atoms with Gasteiger partial charge in [0.05, 0.1) is 0 Å². The van der Waals surface area contributed by atoms with E-state index in [1.165, 1.54) is 250 Å². The van der Waals surface area contributed by atoms with Crippen LogP contribution >= 0.6 is 0 Å². The van der Waals surface area contributed by atoms with Crippen LogP contribution in [0.2, 0.25) is 0 Å². The first-order valence-electron chi connectivity index (χ1n) is 31.7. The lowest BCUT2D eigenvalue weighted by atomic mass is 10.0. The molecule has 0 bridgehead atoms. The second-order valence-electron chi connectivity index (χ2n) is 23.0. The third kappa shape index (κ3) is 57.3. The predicted octanol–water partition coefficient (Wildman–Crippen LogP) is 21.2. The summed E-state index contributed by atoms with van der Waals surface area (Å²) >= 11 is 0. The third-order valence-corrected chi connectivity index (χ3v) is 14.7. The molecule has 0 heterocycles. The Morgan fingerprint density at radius 2 is 0.471 bits per heavy atom. The maximum absolute atomic E-state index is 12.9. The van der Waals surface area contributed by atoms with E-state index in [-0.39, 0.29) is 31.1 Å². The van der Waals surface area contributed by atoms with E-state index in [0.717, 1.165) is 69.6 Å². The minimum Gasteiger partial charge on any atom is -0.462 e. The molecular formula is C64H124O6. The second-order valence-corrected chi connectivity index (χ2v) is 23.0. The maximum Gasteiger partial charge on any atom is 0.306 e. The van der Waals surface area contributed by atoms with E-state index in [2.05, 4.69) is 34.6 Å². The molecule has 0 aromatic rings. The van der Waals surface area contributed by atoms with Crippen molar-refractivity contribution in [3.63, 3.8) is 0 Å². The predicted molar refractivity (Wildman–Crippen MR) is 303 cm³/mol. The van der Waals surface area contributed by atoms with Crippen molar-refractivity contribution in [2.75, 3.05) is 13.2 Å². The highest BCUT2D eigenvalue weighted by molar-refractivity contribution is 5.71. The van der Waals surface area contributed by atoms with Crippen LogP contribution in [0.25, 0.3) is 0 Å². The number of carbonyl (C=O) groups excluding carboxylic acids is 3. The number of ether oxygens (including phenoxy) is 3. The van der Waals surface area contributed by atoms with Gasteiger partial charge < -0.3 is 14.2 Å². The normalized spacial score (nSPS) is 12.0. The molecule has 0 saturated carbocycles. The van der Waals surface area contributed by atoms with Crippen LogP contribution in [-0.2, 0) is 28.6 Å². The van der Waals surface area contributed by atoms with E-state index < -0.39 is 6.10 Å². The summed E-state index contributed by atoms with van der Waals surface area (Å²) in [5.41, 5.74) is 0. The fraction of sp³-hybridized carbons (Fsp3) is 0.953. The van der Waals surface area contributed by atoms with Crippen LogP contribution in [0.4, 0.5) is 0 Å². The van der Waals surface area contributed by atoms with Gasteiger partial charge in [0.15, 0.2) is 6.10 Å². The molecule has 1 atom stereocenters. The van der Waals surface area contributed by atoms with Gasteiger partial charge in [0, 0.05) is 19.3 Å². The minimum absolute atomic E-state index is 0.0621.